The number of carboxylic acid groups (broad SMARTS) is 1. The van der Waals surface area contributed by atoms with E-state index in [9.17, 15) is 4.79 Å². The van der Waals surface area contributed by atoms with Gasteiger partial charge in [-0.3, -0.25) is 0 Å². The van der Waals surface area contributed by atoms with E-state index in [1.807, 2.05) is 0 Å². The van der Waals surface area contributed by atoms with Crippen LogP contribution in [0.15, 0.2) is 9.62 Å². The quantitative estimate of drug-likeness (QED) is 0.629. The van der Waals surface area contributed by atoms with Crippen LogP contribution in [0, 0.1) is 0 Å². The molecule has 0 saturated carbocycles. The highest BCUT2D eigenvalue weighted by atomic mass is 32.1. The summed E-state index contributed by atoms with van der Waals surface area (Å²) in [7, 11) is 0. The Morgan fingerprint density at radius 1 is 1.70 bits per heavy atom. The Balaban J connectivity index is 3.23. The number of hydrogen-bond acceptors (Lipinski definition) is 4. The van der Waals surface area contributed by atoms with Crippen molar-refractivity contribution < 1.29 is 19.5 Å². The van der Waals surface area contributed by atoms with Gasteiger partial charge in [-0.1, -0.05) is 0 Å². The fourth-order valence-electron chi connectivity index (χ4n) is 0.450. The van der Waals surface area contributed by atoms with Gasteiger partial charge in [0.1, 0.15) is 0 Å². The summed E-state index contributed by atoms with van der Waals surface area (Å²) in [5, 5.41) is 19.6. The van der Waals surface area contributed by atoms with Crippen LogP contribution >= 0.6 is 12.6 Å². The van der Waals surface area contributed by atoms with Crippen LogP contribution < -0.4 is 0 Å². The lowest BCUT2D eigenvalue weighted by Gasteiger charge is -1.84. The molecule has 0 bridgehead atoms. The molecule has 0 atom stereocenters. The van der Waals surface area contributed by atoms with Crippen molar-refractivity contribution in [3.05, 3.63) is 5.56 Å². The van der Waals surface area contributed by atoms with Gasteiger partial charge in [0.05, 0.1) is 0 Å². The molecule has 1 radical (unpaired) electrons. The third-order valence-corrected chi connectivity index (χ3v) is 1.14. The molecule has 1 rings (SSSR count). The molecule has 0 saturated heterocycles. The van der Waals surface area contributed by atoms with Crippen LogP contribution in [0.5, 0.6) is 5.88 Å². The summed E-state index contributed by atoms with van der Waals surface area (Å²) in [5.41, 5.74) is -0.463. The number of nitrogens with zero attached hydrogens (tertiary/aromatic N) is 1. The highest BCUT2D eigenvalue weighted by molar-refractivity contribution is 7.80. The van der Waals surface area contributed by atoms with E-state index in [4.69, 9.17) is 10.2 Å². The minimum atomic E-state index is -1.34. The van der Waals surface area contributed by atoms with Crippen LogP contribution in [0.3, 0.4) is 0 Å². The second kappa shape index (κ2) is 2.14. The molecule has 0 spiro atoms. The van der Waals surface area contributed by atoms with Crippen molar-refractivity contribution in [3.63, 3.8) is 0 Å². The van der Waals surface area contributed by atoms with E-state index < -0.39 is 17.4 Å². The molecule has 0 aliphatic rings. The van der Waals surface area contributed by atoms with Crippen molar-refractivity contribution in [1.82, 2.24) is 5.16 Å². The van der Waals surface area contributed by atoms with Gasteiger partial charge in [0.2, 0.25) is 5.09 Å². The molecule has 2 N–H and O–H groups in total. The van der Waals surface area contributed by atoms with Gasteiger partial charge in [-0.05, 0) is 17.8 Å². The molecular weight excluding hydrogens is 158 g/mol. The van der Waals surface area contributed by atoms with Crippen molar-refractivity contribution in [2.24, 2.45) is 0 Å². The monoisotopic (exact) mass is 160 g/mol. The molecule has 10 heavy (non-hydrogen) atoms. The van der Waals surface area contributed by atoms with E-state index in [0.717, 1.165) is 0 Å². The Labute approximate surface area is 60.7 Å². The Bertz CT molecular complexity index is 249. The second-order valence-corrected chi connectivity index (χ2v) is 1.84. The van der Waals surface area contributed by atoms with Gasteiger partial charge < -0.3 is 14.7 Å². The van der Waals surface area contributed by atoms with Crippen LogP contribution in [0.4, 0.5) is 0 Å². The first kappa shape index (κ1) is 6.81. The van der Waals surface area contributed by atoms with Crippen LogP contribution in [0.2, 0.25) is 0 Å². The molecule has 0 aromatic carbocycles. The maximum Gasteiger partial charge on any atom is 0.346 e. The topological polar surface area (TPSA) is 83.6 Å². The van der Waals surface area contributed by atoms with Crippen LogP contribution in [0.25, 0.3) is 0 Å². The van der Waals surface area contributed by atoms with Gasteiger partial charge in [-0.2, -0.15) is 0 Å². The van der Waals surface area contributed by atoms with Gasteiger partial charge in [0, 0.05) is 0 Å². The summed E-state index contributed by atoms with van der Waals surface area (Å²) in [6.07, 6.45) is 0. The van der Waals surface area contributed by atoms with Crippen molar-refractivity contribution in [2.45, 2.75) is 5.09 Å². The summed E-state index contributed by atoms with van der Waals surface area (Å²) >= 11 is 4.38. The fourth-order valence-corrected chi connectivity index (χ4v) is 0.666. The summed E-state index contributed by atoms with van der Waals surface area (Å²) in [6, 6.07) is 0. The summed E-state index contributed by atoms with van der Waals surface area (Å²) in [5.74, 6) is -2.03. The van der Waals surface area contributed by atoms with E-state index in [1.165, 1.54) is 0 Å². The van der Waals surface area contributed by atoms with Crippen molar-refractivity contribution in [3.8, 4) is 5.88 Å². The summed E-state index contributed by atoms with van der Waals surface area (Å²) < 4.78 is 4.19. The molecule has 1 aromatic heterocycles. The molecule has 53 valence electrons. The third-order valence-electron chi connectivity index (χ3n) is 0.857. The number of rotatable bonds is 1. The standard InChI is InChI=1S/C4H2NO4S/c6-2-1(3(7)8)4(10)9-5-2/h(H,5,6)(H,7,8). The maximum absolute atomic E-state index is 10.2. The SMILES string of the molecule is O=C(O)c1c(O)noc1[S]. The van der Waals surface area contributed by atoms with E-state index in [-0.39, 0.29) is 5.09 Å². The first-order valence-electron chi connectivity index (χ1n) is 2.22. The zero-order valence-electron chi connectivity index (χ0n) is 4.57. The predicted molar refractivity (Wildman–Crippen MR) is 31.0 cm³/mol. The number of carboxylic acids is 1. The van der Waals surface area contributed by atoms with Crippen molar-refractivity contribution in [1.29, 1.82) is 0 Å². The lowest BCUT2D eigenvalue weighted by molar-refractivity contribution is 0.0688. The fraction of sp³-hybridized carbons (Fsp3) is 0. The van der Waals surface area contributed by atoms with Crippen LogP contribution in [0.1, 0.15) is 10.4 Å². The molecule has 6 heteroatoms. The number of aromatic carboxylic acids is 1. The van der Waals surface area contributed by atoms with Gasteiger partial charge in [-0.25, -0.2) is 4.79 Å². The first-order valence-corrected chi connectivity index (χ1v) is 2.62. The highest BCUT2D eigenvalue weighted by Gasteiger charge is 2.19. The predicted octanol–water partition coefficient (Wildman–Crippen LogP) is 0.635. The van der Waals surface area contributed by atoms with Gasteiger partial charge in [0.25, 0.3) is 5.88 Å². The van der Waals surface area contributed by atoms with E-state index in [0.29, 0.717) is 0 Å². The zero-order valence-corrected chi connectivity index (χ0v) is 5.38. The minimum Gasteiger partial charge on any atom is -0.490 e. The Kier molecular flexibility index (Phi) is 1.46. The molecule has 1 aromatic rings. The number of hydrogen-bond donors (Lipinski definition) is 2. The Hall–Kier alpha value is -1.30. The average Bonchev–Trinajstić information content (AvgIpc) is 2.11. The lowest BCUT2D eigenvalue weighted by atomic mass is 10.4. The van der Waals surface area contributed by atoms with Gasteiger partial charge >= 0.3 is 5.97 Å². The summed E-state index contributed by atoms with van der Waals surface area (Å²) in [4.78, 5) is 10.2. The number of aromatic nitrogens is 1. The van der Waals surface area contributed by atoms with Crippen molar-refractivity contribution >= 4 is 18.6 Å². The van der Waals surface area contributed by atoms with Gasteiger partial charge in [0.15, 0.2) is 5.56 Å². The molecule has 5 nitrogen and oxygen atoms in total. The molecular formula is C4H2NO4S. The molecule has 0 fully saturated rings. The number of aromatic hydroxyl groups is 1. The average molecular weight is 160 g/mol. The highest BCUT2D eigenvalue weighted by Crippen LogP contribution is 2.22. The molecule has 0 unspecified atom stereocenters. The zero-order chi connectivity index (χ0) is 7.72. The van der Waals surface area contributed by atoms with Crippen molar-refractivity contribution in [2.75, 3.05) is 0 Å². The molecule has 0 aliphatic carbocycles. The van der Waals surface area contributed by atoms with Crippen LogP contribution in [-0.2, 0) is 0 Å². The Morgan fingerprint density at radius 3 is 2.50 bits per heavy atom. The largest absolute Gasteiger partial charge is 0.490 e. The number of carbonyl (C=O) groups is 1. The normalized spacial score (nSPS) is 9.60. The second-order valence-electron chi connectivity index (χ2n) is 1.47. The molecule has 1 heterocycles. The maximum atomic E-state index is 10.2. The summed E-state index contributed by atoms with van der Waals surface area (Å²) in [6.45, 7) is 0. The van der Waals surface area contributed by atoms with E-state index in [2.05, 4.69) is 22.3 Å². The first-order chi connectivity index (χ1) is 4.63. The Morgan fingerprint density at radius 2 is 2.30 bits per heavy atom. The van der Waals surface area contributed by atoms with Crippen LogP contribution in [-0.4, -0.2) is 21.3 Å². The minimum absolute atomic E-state index is 0.315. The van der Waals surface area contributed by atoms with Gasteiger partial charge in [-0.15, -0.1) is 0 Å². The molecule has 0 amide bonds. The smallest absolute Gasteiger partial charge is 0.346 e. The lowest BCUT2D eigenvalue weighted by Crippen LogP contribution is -1.94. The van der Waals surface area contributed by atoms with E-state index in [1.54, 1.807) is 0 Å². The molecule has 0 aliphatic heterocycles. The third kappa shape index (κ3) is 0.883. The van der Waals surface area contributed by atoms with E-state index >= 15 is 0 Å².